The summed E-state index contributed by atoms with van der Waals surface area (Å²) in [6, 6.07) is 0. The summed E-state index contributed by atoms with van der Waals surface area (Å²) < 4.78 is 5.90. The van der Waals surface area contributed by atoms with E-state index in [9.17, 15) is 14.4 Å². The quantitative estimate of drug-likeness (QED) is 0.0478. The second kappa shape index (κ2) is 33.0. The third-order valence-electron chi connectivity index (χ3n) is 7.20. The van der Waals surface area contributed by atoms with E-state index in [2.05, 4.69) is 79.9 Å². The molecule has 0 rings (SSSR count). The van der Waals surface area contributed by atoms with Crippen molar-refractivity contribution < 1.29 is 24.2 Å². The van der Waals surface area contributed by atoms with Gasteiger partial charge in [-0.2, -0.15) is 0 Å². The van der Waals surface area contributed by atoms with Crippen molar-refractivity contribution >= 4 is 17.8 Å². The molecule has 1 unspecified atom stereocenters. The Balaban J connectivity index is 4.17. The molecule has 0 aromatic rings. The van der Waals surface area contributed by atoms with E-state index in [-0.39, 0.29) is 24.5 Å². The van der Waals surface area contributed by atoms with Crippen molar-refractivity contribution in [3.63, 3.8) is 0 Å². The second-order valence-corrected chi connectivity index (χ2v) is 11.4. The Morgan fingerprint density at radius 3 is 1.66 bits per heavy atom. The normalized spacial score (nSPS) is 12.8. The zero-order valence-corrected chi connectivity index (χ0v) is 28.0. The van der Waals surface area contributed by atoms with Crippen molar-refractivity contribution in [2.75, 3.05) is 6.54 Å². The van der Waals surface area contributed by atoms with Crippen LogP contribution in [0.2, 0.25) is 0 Å². The fraction of sp³-hybridized carbons (Fsp3) is 0.658. The lowest BCUT2D eigenvalue weighted by molar-refractivity contribution is -0.150. The van der Waals surface area contributed by atoms with Crippen molar-refractivity contribution in [3.8, 4) is 0 Å². The van der Waals surface area contributed by atoms with Gasteiger partial charge in [0.2, 0.25) is 5.91 Å². The molecule has 0 saturated heterocycles. The number of hydrogen-bond donors (Lipinski definition) is 2. The van der Waals surface area contributed by atoms with Gasteiger partial charge in [-0.25, -0.2) is 0 Å². The number of carbonyl (C=O) groups excluding carboxylic acids is 2. The molecule has 0 fully saturated rings. The molecule has 0 radical (unpaired) electrons. The van der Waals surface area contributed by atoms with Crippen molar-refractivity contribution in [1.82, 2.24) is 5.32 Å². The Hall–Kier alpha value is -2.89. The van der Waals surface area contributed by atoms with Gasteiger partial charge in [-0.15, -0.1) is 0 Å². The minimum Gasteiger partial charge on any atom is -0.480 e. The second-order valence-electron chi connectivity index (χ2n) is 11.4. The Morgan fingerprint density at radius 2 is 1.11 bits per heavy atom. The van der Waals surface area contributed by atoms with Gasteiger partial charge in [-0.05, 0) is 77.0 Å². The van der Waals surface area contributed by atoms with Gasteiger partial charge >= 0.3 is 11.9 Å². The molecule has 0 saturated carbocycles. The lowest BCUT2D eigenvalue weighted by Crippen LogP contribution is -2.28. The molecule has 1 amide bonds. The van der Waals surface area contributed by atoms with Gasteiger partial charge in [0.15, 0.2) is 0 Å². The number of amides is 1. The highest BCUT2D eigenvalue weighted by atomic mass is 16.5. The van der Waals surface area contributed by atoms with Gasteiger partial charge < -0.3 is 15.2 Å². The SMILES string of the molecule is CC/C=C\C/C=C\C/C=C\C/C=C\C/C=C\CCCC(=O)OC(CCCCCCCC)CCCCCCC(=O)NCC(=O)O. The number of carboxylic acids is 1. The van der Waals surface area contributed by atoms with Crippen LogP contribution < -0.4 is 5.32 Å². The van der Waals surface area contributed by atoms with Gasteiger partial charge in [0, 0.05) is 12.8 Å². The lowest BCUT2D eigenvalue weighted by Gasteiger charge is -2.18. The summed E-state index contributed by atoms with van der Waals surface area (Å²) in [7, 11) is 0. The van der Waals surface area contributed by atoms with Crippen molar-refractivity contribution in [1.29, 1.82) is 0 Å². The Bertz CT molecular complexity index is 855. The van der Waals surface area contributed by atoms with Crippen LogP contribution in [0, 0.1) is 0 Å². The molecule has 0 aliphatic heterocycles. The highest BCUT2D eigenvalue weighted by molar-refractivity contribution is 5.80. The summed E-state index contributed by atoms with van der Waals surface area (Å²) >= 11 is 0. The van der Waals surface area contributed by atoms with E-state index in [1.807, 2.05) is 0 Å². The number of carbonyl (C=O) groups is 3. The molecule has 6 nitrogen and oxygen atoms in total. The molecule has 6 heteroatoms. The van der Waals surface area contributed by atoms with Gasteiger partial charge in [0.05, 0.1) is 0 Å². The number of hydrogen-bond acceptors (Lipinski definition) is 4. The summed E-state index contributed by atoms with van der Waals surface area (Å²) in [6.45, 7) is 4.04. The zero-order chi connectivity index (χ0) is 32.4. The van der Waals surface area contributed by atoms with Gasteiger partial charge in [0.1, 0.15) is 12.6 Å². The maximum atomic E-state index is 12.6. The van der Waals surface area contributed by atoms with Crippen LogP contribution in [0.5, 0.6) is 0 Å². The monoisotopic (exact) mass is 613 g/mol. The van der Waals surface area contributed by atoms with Crippen LogP contribution >= 0.6 is 0 Å². The van der Waals surface area contributed by atoms with Crippen molar-refractivity contribution in [3.05, 3.63) is 60.8 Å². The largest absolute Gasteiger partial charge is 0.480 e. The summed E-state index contributed by atoms with van der Waals surface area (Å²) in [4.78, 5) is 34.7. The van der Waals surface area contributed by atoms with Crippen LogP contribution in [-0.2, 0) is 19.1 Å². The van der Waals surface area contributed by atoms with Crippen LogP contribution in [0.1, 0.15) is 149 Å². The summed E-state index contributed by atoms with van der Waals surface area (Å²) in [5.41, 5.74) is 0. The summed E-state index contributed by atoms with van der Waals surface area (Å²) in [5.74, 6) is -1.34. The van der Waals surface area contributed by atoms with E-state index in [0.717, 1.165) is 89.9 Å². The minimum atomic E-state index is -1.03. The molecule has 0 heterocycles. The predicted molar refractivity (Wildman–Crippen MR) is 185 cm³/mol. The van der Waals surface area contributed by atoms with Crippen LogP contribution in [0.3, 0.4) is 0 Å². The maximum absolute atomic E-state index is 12.6. The fourth-order valence-corrected chi connectivity index (χ4v) is 4.67. The van der Waals surface area contributed by atoms with Crippen molar-refractivity contribution in [2.45, 2.75) is 155 Å². The average molecular weight is 614 g/mol. The predicted octanol–water partition coefficient (Wildman–Crippen LogP) is 10.1. The number of esters is 1. The highest BCUT2D eigenvalue weighted by Crippen LogP contribution is 2.18. The summed E-state index contributed by atoms with van der Waals surface area (Å²) in [5, 5.41) is 11.0. The standard InChI is InChI=1S/C38H63NO5/c1-3-5-7-9-11-12-13-14-15-16-17-18-19-20-21-23-29-33-38(43)44-35(30-26-22-10-8-6-4-2)31-27-24-25-28-32-36(40)39-34-37(41)42/h5,7,11-12,14-15,17-18,20-21,35H,3-4,6,8-10,13,16,19,22-34H2,1-2H3,(H,39,40)(H,41,42)/b7-5-,12-11-,15-14-,18-17-,21-20-. The van der Waals surface area contributed by atoms with Crippen LogP contribution in [0.4, 0.5) is 0 Å². The zero-order valence-electron chi connectivity index (χ0n) is 28.0. The Labute approximate surface area is 269 Å². The molecular formula is C38H63NO5. The lowest BCUT2D eigenvalue weighted by atomic mass is 10.0. The molecule has 0 aromatic heterocycles. The Kier molecular flexibility index (Phi) is 30.8. The molecule has 0 aliphatic rings. The van der Waals surface area contributed by atoms with Gasteiger partial charge in [0.25, 0.3) is 0 Å². The molecule has 0 aromatic carbocycles. The van der Waals surface area contributed by atoms with Crippen LogP contribution in [-0.4, -0.2) is 35.6 Å². The number of unbranched alkanes of at least 4 members (excludes halogenated alkanes) is 9. The molecular weight excluding hydrogens is 550 g/mol. The number of carboxylic acid groups (broad SMARTS) is 1. The molecule has 44 heavy (non-hydrogen) atoms. The molecule has 0 bridgehead atoms. The molecule has 1 atom stereocenters. The van der Waals surface area contributed by atoms with Crippen LogP contribution in [0.25, 0.3) is 0 Å². The third kappa shape index (κ3) is 32.0. The number of aliphatic carboxylic acids is 1. The van der Waals surface area contributed by atoms with E-state index >= 15 is 0 Å². The van der Waals surface area contributed by atoms with E-state index in [4.69, 9.17) is 9.84 Å². The van der Waals surface area contributed by atoms with E-state index in [0.29, 0.717) is 12.8 Å². The van der Waals surface area contributed by atoms with Crippen molar-refractivity contribution in [2.24, 2.45) is 0 Å². The molecule has 0 aliphatic carbocycles. The first-order valence-corrected chi connectivity index (χ1v) is 17.4. The van der Waals surface area contributed by atoms with E-state index in [1.165, 1.54) is 32.1 Å². The smallest absolute Gasteiger partial charge is 0.322 e. The first-order chi connectivity index (χ1) is 21.5. The summed E-state index contributed by atoms with van der Waals surface area (Å²) in [6.07, 6.45) is 42.0. The highest BCUT2D eigenvalue weighted by Gasteiger charge is 2.14. The minimum absolute atomic E-state index is 0.0266. The molecule has 2 N–H and O–H groups in total. The van der Waals surface area contributed by atoms with E-state index < -0.39 is 5.97 Å². The Morgan fingerprint density at radius 1 is 0.614 bits per heavy atom. The number of allylic oxidation sites excluding steroid dienone is 10. The maximum Gasteiger partial charge on any atom is 0.322 e. The van der Waals surface area contributed by atoms with Crippen LogP contribution in [0.15, 0.2) is 60.8 Å². The third-order valence-corrected chi connectivity index (χ3v) is 7.20. The average Bonchev–Trinajstić information content (AvgIpc) is 3.00. The molecule has 0 spiro atoms. The van der Waals surface area contributed by atoms with Gasteiger partial charge in [-0.1, -0.05) is 120 Å². The number of rotatable bonds is 30. The van der Waals surface area contributed by atoms with E-state index in [1.54, 1.807) is 0 Å². The number of ether oxygens (including phenoxy) is 1. The fourth-order valence-electron chi connectivity index (χ4n) is 4.67. The topological polar surface area (TPSA) is 92.7 Å². The van der Waals surface area contributed by atoms with Gasteiger partial charge in [-0.3, -0.25) is 14.4 Å². The first-order valence-electron chi connectivity index (χ1n) is 17.4. The first kappa shape index (κ1) is 41.1. The number of nitrogens with one attached hydrogen (secondary N) is 1. The molecule has 250 valence electrons.